The van der Waals surface area contributed by atoms with Crippen molar-refractivity contribution in [2.45, 2.75) is 57.5 Å². The van der Waals surface area contributed by atoms with E-state index in [4.69, 9.17) is 4.42 Å². The van der Waals surface area contributed by atoms with Crippen LogP contribution in [0.3, 0.4) is 0 Å². The Hall–Kier alpha value is -1.47. The van der Waals surface area contributed by atoms with Crippen LogP contribution in [0, 0.1) is 0 Å². The Balaban J connectivity index is 1.47. The lowest BCUT2D eigenvalue weighted by Crippen LogP contribution is -2.45. The van der Waals surface area contributed by atoms with Gasteiger partial charge in [0, 0.05) is 31.8 Å². The van der Waals surface area contributed by atoms with Gasteiger partial charge in [-0.1, -0.05) is 13.8 Å². The van der Waals surface area contributed by atoms with Crippen LogP contribution in [0.25, 0.3) is 0 Å². The fourth-order valence-corrected chi connectivity index (χ4v) is 3.53. The minimum Gasteiger partial charge on any atom is -0.425 e. The molecule has 7 heteroatoms. The van der Waals surface area contributed by atoms with Crippen LogP contribution < -0.4 is 0 Å². The Morgan fingerprint density at radius 3 is 2.71 bits per heavy atom. The molecule has 7 nitrogen and oxygen atoms in total. The van der Waals surface area contributed by atoms with Crippen molar-refractivity contribution in [3.8, 4) is 0 Å². The first-order valence-corrected chi connectivity index (χ1v) is 9.00. The van der Waals surface area contributed by atoms with Crippen LogP contribution in [-0.4, -0.2) is 69.3 Å². The van der Waals surface area contributed by atoms with Gasteiger partial charge in [0.15, 0.2) is 0 Å². The van der Waals surface area contributed by atoms with Crippen LogP contribution in [0.15, 0.2) is 4.42 Å². The summed E-state index contributed by atoms with van der Waals surface area (Å²) < 4.78 is 5.54. The molecule has 3 heterocycles. The topological polar surface area (TPSA) is 82.7 Å². The van der Waals surface area contributed by atoms with Crippen molar-refractivity contribution in [2.75, 3.05) is 32.7 Å². The molecular formula is C17H28N4O3. The largest absolute Gasteiger partial charge is 0.425 e. The molecular weight excluding hydrogens is 308 g/mol. The van der Waals surface area contributed by atoms with Gasteiger partial charge in [-0.2, -0.15) is 0 Å². The quantitative estimate of drug-likeness (QED) is 0.840. The molecule has 0 radical (unpaired) electrons. The van der Waals surface area contributed by atoms with Crippen molar-refractivity contribution in [3.63, 3.8) is 0 Å². The van der Waals surface area contributed by atoms with E-state index in [1.54, 1.807) is 4.90 Å². The molecule has 1 atom stereocenters. The van der Waals surface area contributed by atoms with Gasteiger partial charge in [0.2, 0.25) is 17.7 Å². The van der Waals surface area contributed by atoms with E-state index < -0.39 is 5.60 Å². The summed E-state index contributed by atoms with van der Waals surface area (Å²) in [4.78, 5) is 16.5. The highest BCUT2D eigenvalue weighted by Gasteiger charge is 2.39. The van der Waals surface area contributed by atoms with E-state index in [9.17, 15) is 9.90 Å². The van der Waals surface area contributed by atoms with Crippen LogP contribution in [0.2, 0.25) is 0 Å². The second-order valence-electron chi connectivity index (χ2n) is 7.46. The number of hydrogen-bond acceptors (Lipinski definition) is 6. The summed E-state index contributed by atoms with van der Waals surface area (Å²) >= 11 is 0. The Bertz CT molecular complexity index is 568. The zero-order chi connectivity index (χ0) is 17.2. The molecule has 0 aromatic carbocycles. The summed E-state index contributed by atoms with van der Waals surface area (Å²) in [5.41, 5.74) is -0.755. The average molecular weight is 336 g/mol. The highest BCUT2D eigenvalue weighted by molar-refractivity contribution is 5.76. The molecule has 2 fully saturated rings. The maximum Gasteiger partial charge on any atom is 0.223 e. The third-order valence-electron chi connectivity index (χ3n) is 4.93. The highest BCUT2D eigenvalue weighted by atomic mass is 16.4. The molecule has 0 saturated carbocycles. The van der Waals surface area contributed by atoms with E-state index in [0.717, 1.165) is 13.1 Å². The monoisotopic (exact) mass is 336 g/mol. The number of aryl methyl sites for hydroxylation is 1. The van der Waals surface area contributed by atoms with Crippen molar-refractivity contribution in [3.05, 3.63) is 11.8 Å². The third-order valence-corrected chi connectivity index (χ3v) is 4.93. The summed E-state index contributed by atoms with van der Waals surface area (Å²) in [6.45, 7) is 7.85. The van der Waals surface area contributed by atoms with Crippen LogP contribution >= 0.6 is 0 Å². The lowest BCUT2D eigenvalue weighted by atomic mass is 10.0. The molecule has 0 spiro atoms. The fraction of sp³-hybridized carbons (Fsp3) is 0.824. The maximum atomic E-state index is 12.4. The first-order chi connectivity index (χ1) is 11.5. The van der Waals surface area contributed by atoms with E-state index in [1.165, 1.54) is 12.8 Å². The molecule has 24 heavy (non-hydrogen) atoms. The number of aliphatic hydroxyl groups is 1. The number of aromatic nitrogens is 2. The molecule has 1 aromatic heterocycles. The van der Waals surface area contributed by atoms with Gasteiger partial charge in [-0.05, 0) is 32.4 Å². The van der Waals surface area contributed by atoms with E-state index in [1.807, 2.05) is 13.8 Å². The number of β-amino-alcohol motifs (C(OH)–C–C–N with tert-alkyl or cyclic N) is 1. The third kappa shape index (κ3) is 4.13. The standard InChI is InChI=1S/C17H28N4O3/c1-13(2)16-19-18-14(24-16)5-6-15(22)21-10-7-17(23,12-21)11-20-8-3-4-9-20/h13,23H,3-12H2,1-2H3/t17-/m0/s1. The van der Waals surface area contributed by atoms with Gasteiger partial charge in [0.1, 0.15) is 0 Å². The minimum atomic E-state index is -0.755. The molecule has 2 aliphatic heterocycles. The molecule has 1 aromatic rings. The maximum absolute atomic E-state index is 12.4. The van der Waals surface area contributed by atoms with Gasteiger partial charge in [-0.15, -0.1) is 10.2 Å². The van der Waals surface area contributed by atoms with Gasteiger partial charge < -0.3 is 19.3 Å². The Morgan fingerprint density at radius 1 is 1.29 bits per heavy atom. The molecule has 3 rings (SSSR count). The van der Waals surface area contributed by atoms with Gasteiger partial charge in [0.05, 0.1) is 12.1 Å². The number of carbonyl (C=O) groups excluding carboxylic acids is 1. The highest BCUT2D eigenvalue weighted by Crippen LogP contribution is 2.25. The summed E-state index contributed by atoms with van der Waals surface area (Å²) in [5.74, 6) is 1.37. The lowest BCUT2D eigenvalue weighted by Gasteiger charge is -2.28. The zero-order valence-electron chi connectivity index (χ0n) is 14.7. The van der Waals surface area contributed by atoms with Gasteiger partial charge in [-0.25, -0.2) is 0 Å². The molecule has 0 aliphatic carbocycles. The number of amides is 1. The van der Waals surface area contributed by atoms with Gasteiger partial charge in [0.25, 0.3) is 0 Å². The predicted molar refractivity (Wildman–Crippen MR) is 88.5 cm³/mol. The summed E-state index contributed by atoms with van der Waals surface area (Å²) in [6, 6.07) is 0. The van der Waals surface area contributed by atoms with Crippen LogP contribution in [0.5, 0.6) is 0 Å². The van der Waals surface area contributed by atoms with E-state index in [-0.39, 0.29) is 11.8 Å². The zero-order valence-corrected chi connectivity index (χ0v) is 14.7. The van der Waals surface area contributed by atoms with E-state index in [2.05, 4.69) is 15.1 Å². The van der Waals surface area contributed by atoms with E-state index in [0.29, 0.717) is 50.7 Å². The van der Waals surface area contributed by atoms with Crippen LogP contribution in [-0.2, 0) is 11.2 Å². The Kier molecular flexibility index (Phi) is 5.20. The van der Waals surface area contributed by atoms with Gasteiger partial charge >= 0.3 is 0 Å². The molecule has 134 valence electrons. The molecule has 1 amide bonds. The van der Waals surface area contributed by atoms with Crippen molar-refractivity contribution in [1.82, 2.24) is 20.0 Å². The van der Waals surface area contributed by atoms with Crippen molar-refractivity contribution in [2.24, 2.45) is 0 Å². The predicted octanol–water partition coefficient (Wildman–Crippen LogP) is 1.18. The first-order valence-electron chi connectivity index (χ1n) is 9.00. The first kappa shape index (κ1) is 17.4. The average Bonchev–Trinajstić information content (AvgIpc) is 3.26. The van der Waals surface area contributed by atoms with Crippen LogP contribution in [0.4, 0.5) is 0 Å². The number of carbonyl (C=O) groups is 1. The van der Waals surface area contributed by atoms with Crippen LogP contribution in [0.1, 0.15) is 57.2 Å². The molecule has 0 unspecified atom stereocenters. The van der Waals surface area contributed by atoms with Crippen molar-refractivity contribution < 1.29 is 14.3 Å². The number of likely N-dealkylation sites (tertiary alicyclic amines) is 2. The second-order valence-corrected chi connectivity index (χ2v) is 7.46. The second kappa shape index (κ2) is 7.19. The van der Waals surface area contributed by atoms with Gasteiger partial charge in [-0.3, -0.25) is 4.79 Å². The summed E-state index contributed by atoms with van der Waals surface area (Å²) in [5, 5.41) is 18.7. The number of hydrogen-bond donors (Lipinski definition) is 1. The van der Waals surface area contributed by atoms with E-state index >= 15 is 0 Å². The Morgan fingerprint density at radius 2 is 2.04 bits per heavy atom. The minimum absolute atomic E-state index is 0.0524. The SMILES string of the molecule is CC(C)c1nnc(CCC(=O)N2CC[C@](O)(CN3CCCC3)C2)o1. The molecule has 2 aliphatic rings. The number of nitrogens with zero attached hydrogens (tertiary/aromatic N) is 4. The fourth-order valence-electron chi connectivity index (χ4n) is 3.53. The summed E-state index contributed by atoms with van der Waals surface area (Å²) in [6.07, 6.45) is 3.88. The summed E-state index contributed by atoms with van der Waals surface area (Å²) in [7, 11) is 0. The normalized spacial score (nSPS) is 25.1. The smallest absolute Gasteiger partial charge is 0.223 e. The molecule has 0 bridgehead atoms. The lowest BCUT2D eigenvalue weighted by molar-refractivity contribution is -0.131. The van der Waals surface area contributed by atoms with Crippen molar-refractivity contribution in [1.29, 1.82) is 0 Å². The molecule has 2 saturated heterocycles. The molecule has 1 N–H and O–H groups in total. The Labute approximate surface area is 143 Å². The van der Waals surface area contributed by atoms with Crippen molar-refractivity contribution >= 4 is 5.91 Å². The number of rotatable bonds is 6.